The summed E-state index contributed by atoms with van der Waals surface area (Å²) in [7, 11) is 1.62. The fourth-order valence-corrected chi connectivity index (χ4v) is 1.80. The van der Waals surface area contributed by atoms with E-state index < -0.39 is 5.97 Å². The number of aromatic nitrogens is 1. The number of hydrogen-bond donors (Lipinski definition) is 2. The summed E-state index contributed by atoms with van der Waals surface area (Å²) in [6, 6.07) is 1.55. The smallest absolute Gasteiger partial charge is 0.339 e. The molecule has 1 aromatic heterocycles. The summed E-state index contributed by atoms with van der Waals surface area (Å²) in [4.78, 5) is 15.3. The van der Waals surface area contributed by atoms with E-state index in [0.29, 0.717) is 22.8 Å². The highest BCUT2D eigenvalue weighted by Gasteiger charge is 2.18. The molecule has 2 N–H and O–H groups in total. The minimum absolute atomic E-state index is 0.0155. The van der Waals surface area contributed by atoms with Crippen LogP contribution in [-0.2, 0) is 4.74 Å². The fourth-order valence-electron chi connectivity index (χ4n) is 1.47. The minimum atomic E-state index is -1.01. The third kappa shape index (κ3) is 3.96. The van der Waals surface area contributed by atoms with Crippen molar-refractivity contribution >= 4 is 27.7 Å². The van der Waals surface area contributed by atoms with Crippen LogP contribution in [0.25, 0.3) is 0 Å². The first-order valence-electron chi connectivity index (χ1n) is 5.60. The van der Waals surface area contributed by atoms with E-state index in [2.05, 4.69) is 26.2 Å². The number of anilines is 1. The highest BCUT2D eigenvalue weighted by molar-refractivity contribution is 9.10. The van der Waals surface area contributed by atoms with Crippen LogP contribution < -0.4 is 5.32 Å². The SMILES string of the molecule is COCC(Nc1ncc(Br)cc1C(=O)O)C(C)C. The summed E-state index contributed by atoms with van der Waals surface area (Å²) >= 11 is 3.21. The van der Waals surface area contributed by atoms with Crippen LogP contribution in [0.3, 0.4) is 0 Å². The summed E-state index contributed by atoms with van der Waals surface area (Å²) < 4.78 is 5.75. The van der Waals surface area contributed by atoms with Gasteiger partial charge in [-0.2, -0.15) is 0 Å². The molecule has 0 aliphatic carbocycles. The first-order valence-corrected chi connectivity index (χ1v) is 6.39. The van der Waals surface area contributed by atoms with Gasteiger partial charge in [-0.1, -0.05) is 13.8 Å². The monoisotopic (exact) mass is 316 g/mol. The number of halogens is 1. The molecule has 18 heavy (non-hydrogen) atoms. The lowest BCUT2D eigenvalue weighted by Gasteiger charge is -2.22. The van der Waals surface area contributed by atoms with Crippen LogP contribution >= 0.6 is 15.9 Å². The minimum Gasteiger partial charge on any atom is -0.478 e. The molecule has 0 radical (unpaired) electrons. The average Bonchev–Trinajstić information content (AvgIpc) is 2.30. The van der Waals surface area contributed by atoms with Crippen molar-refractivity contribution in [1.29, 1.82) is 0 Å². The number of ether oxygens (including phenoxy) is 1. The second-order valence-corrected chi connectivity index (χ2v) is 5.22. The van der Waals surface area contributed by atoms with Gasteiger partial charge in [0.05, 0.1) is 12.6 Å². The first kappa shape index (κ1) is 14.9. The van der Waals surface area contributed by atoms with Crippen LogP contribution in [-0.4, -0.2) is 35.8 Å². The van der Waals surface area contributed by atoms with E-state index in [1.165, 1.54) is 6.07 Å². The highest BCUT2D eigenvalue weighted by Crippen LogP contribution is 2.20. The lowest BCUT2D eigenvalue weighted by Crippen LogP contribution is -2.31. The Hall–Kier alpha value is -1.14. The zero-order valence-electron chi connectivity index (χ0n) is 10.6. The van der Waals surface area contributed by atoms with Crippen molar-refractivity contribution in [2.45, 2.75) is 19.9 Å². The van der Waals surface area contributed by atoms with Gasteiger partial charge in [0.2, 0.25) is 0 Å². The van der Waals surface area contributed by atoms with E-state index in [9.17, 15) is 4.79 Å². The summed E-state index contributed by atoms with van der Waals surface area (Å²) in [5.74, 6) is -0.343. The summed E-state index contributed by atoms with van der Waals surface area (Å²) in [5, 5.41) is 12.3. The van der Waals surface area contributed by atoms with Crippen LogP contribution in [0.5, 0.6) is 0 Å². The number of nitrogens with one attached hydrogen (secondary N) is 1. The predicted molar refractivity (Wildman–Crippen MR) is 73.0 cm³/mol. The van der Waals surface area contributed by atoms with Crippen LogP contribution in [0.4, 0.5) is 5.82 Å². The molecule has 1 heterocycles. The summed E-state index contributed by atoms with van der Waals surface area (Å²) in [6.45, 7) is 4.57. The molecule has 1 atom stereocenters. The topological polar surface area (TPSA) is 71.5 Å². The average molecular weight is 317 g/mol. The maximum absolute atomic E-state index is 11.2. The van der Waals surface area contributed by atoms with Crippen molar-refractivity contribution in [2.75, 3.05) is 19.0 Å². The number of aromatic carboxylic acids is 1. The summed E-state index contributed by atoms with van der Waals surface area (Å²) in [5.41, 5.74) is 0.145. The third-order valence-corrected chi connectivity index (χ3v) is 2.99. The van der Waals surface area contributed by atoms with Gasteiger partial charge in [-0.25, -0.2) is 9.78 Å². The van der Waals surface area contributed by atoms with Crippen molar-refractivity contribution in [2.24, 2.45) is 5.92 Å². The number of carbonyl (C=O) groups is 1. The molecule has 0 aliphatic heterocycles. The molecular weight excluding hydrogens is 300 g/mol. The second kappa shape index (κ2) is 6.70. The zero-order valence-corrected chi connectivity index (χ0v) is 12.2. The number of methoxy groups -OCH3 is 1. The molecule has 5 nitrogen and oxygen atoms in total. The lowest BCUT2D eigenvalue weighted by molar-refractivity contribution is 0.0697. The lowest BCUT2D eigenvalue weighted by atomic mass is 10.1. The molecule has 1 rings (SSSR count). The largest absolute Gasteiger partial charge is 0.478 e. The molecule has 1 unspecified atom stereocenters. The standard InChI is InChI=1S/C12H17BrN2O3/c1-7(2)10(6-18-3)15-11-9(12(16)17)4-8(13)5-14-11/h4-5,7,10H,6H2,1-3H3,(H,14,15)(H,16,17). The van der Waals surface area contributed by atoms with Crippen LogP contribution in [0, 0.1) is 5.92 Å². The van der Waals surface area contributed by atoms with Gasteiger partial charge in [-0.05, 0) is 27.9 Å². The van der Waals surface area contributed by atoms with Gasteiger partial charge in [-0.15, -0.1) is 0 Å². The Bertz CT molecular complexity index is 424. The maximum Gasteiger partial charge on any atom is 0.339 e. The molecule has 0 aliphatic rings. The molecular formula is C12H17BrN2O3. The van der Waals surface area contributed by atoms with Gasteiger partial charge in [0.15, 0.2) is 0 Å². The predicted octanol–water partition coefficient (Wildman–Crippen LogP) is 2.63. The van der Waals surface area contributed by atoms with Crippen molar-refractivity contribution in [3.8, 4) is 0 Å². The number of rotatable bonds is 6. The normalized spacial score (nSPS) is 12.5. The van der Waals surface area contributed by atoms with Crippen molar-refractivity contribution in [3.63, 3.8) is 0 Å². The molecule has 6 heteroatoms. The van der Waals surface area contributed by atoms with E-state index in [-0.39, 0.29) is 11.6 Å². The molecule has 1 aromatic rings. The van der Waals surface area contributed by atoms with Crippen molar-refractivity contribution < 1.29 is 14.6 Å². The molecule has 0 fully saturated rings. The van der Waals surface area contributed by atoms with Gasteiger partial charge in [0.1, 0.15) is 11.4 Å². The number of carboxylic acid groups (broad SMARTS) is 1. The Morgan fingerprint density at radius 2 is 2.28 bits per heavy atom. The highest BCUT2D eigenvalue weighted by atomic mass is 79.9. The van der Waals surface area contributed by atoms with E-state index in [4.69, 9.17) is 9.84 Å². The zero-order chi connectivity index (χ0) is 13.7. The quantitative estimate of drug-likeness (QED) is 0.844. The maximum atomic E-state index is 11.2. The Morgan fingerprint density at radius 1 is 1.61 bits per heavy atom. The number of carboxylic acids is 1. The Labute approximate surface area is 115 Å². The van der Waals surface area contributed by atoms with Crippen LogP contribution in [0.1, 0.15) is 24.2 Å². The van der Waals surface area contributed by atoms with Gasteiger partial charge in [0.25, 0.3) is 0 Å². The van der Waals surface area contributed by atoms with Crippen molar-refractivity contribution in [3.05, 3.63) is 22.3 Å². The summed E-state index contributed by atoms with van der Waals surface area (Å²) in [6.07, 6.45) is 1.57. The van der Waals surface area contributed by atoms with Crippen LogP contribution in [0.2, 0.25) is 0 Å². The molecule has 0 saturated heterocycles. The molecule has 0 aromatic carbocycles. The van der Waals surface area contributed by atoms with E-state index in [1.807, 2.05) is 13.8 Å². The first-order chi connectivity index (χ1) is 8.45. The van der Waals surface area contributed by atoms with Gasteiger partial charge < -0.3 is 15.2 Å². The molecule has 0 spiro atoms. The van der Waals surface area contributed by atoms with E-state index >= 15 is 0 Å². The van der Waals surface area contributed by atoms with E-state index in [0.717, 1.165) is 0 Å². The van der Waals surface area contributed by atoms with Gasteiger partial charge >= 0.3 is 5.97 Å². The molecule has 100 valence electrons. The van der Waals surface area contributed by atoms with Gasteiger partial charge in [0, 0.05) is 17.8 Å². The number of hydrogen-bond acceptors (Lipinski definition) is 4. The fraction of sp³-hybridized carbons (Fsp3) is 0.500. The van der Waals surface area contributed by atoms with E-state index in [1.54, 1.807) is 13.3 Å². The van der Waals surface area contributed by atoms with Crippen LogP contribution in [0.15, 0.2) is 16.7 Å². The van der Waals surface area contributed by atoms with Crippen molar-refractivity contribution in [1.82, 2.24) is 4.98 Å². The molecule has 0 bridgehead atoms. The Kier molecular flexibility index (Phi) is 5.55. The number of pyridine rings is 1. The van der Waals surface area contributed by atoms with Gasteiger partial charge in [-0.3, -0.25) is 0 Å². The number of nitrogens with zero attached hydrogens (tertiary/aromatic N) is 1. The molecule has 0 saturated carbocycles. The third-order valence-electron chi connectivity index (χ3n) is 2.56. The Balaban J connectivity index is 2.98. The Morgan fingerprint density at radius 3 is 2.78 bits per heavy atom. The second-order valence-electron chi connectivity index (χ2n) is 4.31. The molecule has 0 amide bonds.